The first-order chi connectivity index (χ1) is 12.5. The predicted molar refractivity (Wildman–Crippen MR) is 104 cm³/mol. The van der Waals surface area contributed by atoms with Crippen LogP contribution in [0.5, 0.6) is 0 Å². The molecule has 0 heterocycles. The van der Waals surface area contributed by atoms with E-state index < -0.39 is 0 Å². The zero-order valence-electron chi connectivity index (χ0n) is 14.9. The lowest BCUT2D eigenvalue weighted by Gasteiger charge is -2.21. The third kappa shape index (κ3) is 6.37. The second-order valence-electron chi connectivity index (χ2n) is 5.96. The lowest BCUT2D eigenvalue weighted by molar-refractivity contribution is -0.141. The molecule has 2 rings (SSSR count). The lowest BCUT2D eigenvalue weighted by atomic mass is 10.1. The molecule has 0 N–H and O–H groups in total. The maximum Gasteiger partial charge on any atom is 0.307 e. The van der Waals surface area contributed by atoms with E-state index in [4.69, 9.17) is 11.6 Å². The number of ether oxygens (including phenoxy) is 1. The number of hydrogen-bond acceptors (Lipinski definition) is 3. The Balaban J connectivity index is 2.09. The highest BCUT2D eigenvalue weighted by molar-refractivity contribution is 6.30. The van der Waals surface area contributed by atoms with Gasteiger partial charge in [-0.15, -0.1) is 0 Å². The van der Waals surface area contributed by atoms with Gasteiger partial charge in [-0.1, -0.05) is 53.6 Å². The number of benzene rings is 2. The fraction of sp³-hybridized carbons (Fsp3) is 0.238. The van der Waals surface area contributed by atoms with Crippen LogP contribution >= 0.6 is 11.6 Å². The number of amides is 1. The van der Waals surface area contributed by atoms with Crippen LogP contribution in [-0.2, 0) is 20.9 Å². The standard InChI is InChI=1S/C21H22ClNO3/c1-16-3-5-17(6-4-16)9-12-20(24)23(14-13-21(25)26-2)15-18-7-10-19(22)11-8-18/h3-12H,13-15H2,1-2H3/b12-9+. The molecule has 0 aliphatic carbocycles. The fourth-order valence-electron chi connectivity index (χ4n) is 2.36. The molecule has 136 valence electrons. The highest BCUT2D eigenvalue weighted by Crippen LogP contribution is 2.13. The first-order valence-corrected chi connectivity index (χ1v) is 8.70. The normalized spacial score (nSPS) is 10.7. The molecular weight excluding hydrogens is 350 g/mol. The summed E-state index contributed by atoms with van der Waals surface area (Å²) in [6.45, 7) is 2.69. The summed E-state index contributed by atoms with van der Waals surface area (Å²) in [5.41, 5.74) is 3.05. The highest BCUT2D eigenvalue weighted by atomic mass is 35.5. The second-order valence-corrected chi connectivity index (χ2v) is 6.39. The van der Waals surface area contributed by atoms with Crippen molar-refractivity contribution in [1.29, 1.82) is 0 Å². The number of carbonyl (C=O) groups excluding carboxylic acids is 2. The van der Waals surface area contributed by atoms with Gasteiger partial charge in [-0.25, -0.2) is 0 Å². The molecule has 0 saturated carbocycles. The van der Waals surface area contributed by atoms with Crippen LogP contribution in [0.3, 0.4) is 0 Å². The molecule has 2 aromatic carbocycles. The number of nitrogens with zero attached hydrogens (tertiary/aromatic N) is 1. The Kier molecular flexibility index (Phi) is 7.42. The zero-order chi connectivity index (χ0) is 18.9. The van der Waals surface area contributed by atoms with Gasteiger partial charge < -0.3 is 9.64 Å². The Labute approximate surface area is 159 Å². The van der Waals surface area contributed by atoms with E-state index in [0.29, 0.717) is 11.6 Å². The van der Waals surface area contributed by atoms with Gasteiger partial charge in [0.2, 0.25) is 5.91 Å². The second kappa shape index (κ2) is 9.78. The molecule has 0 aliphatic rings. The van der Waals surface area contributed by atoms with E-state index in [-0.39, 0.29) is 24.8 Å². The van der Waals surface area contributed by atoms with E-state index in [9.17, 15) is 9.59 Å². The van der Waals surface area contributed by atoms with Gasteiger partial charge in [-0.05, 0) is 36.3 Å². The van der Waals surface area contributed by atoms with Crippen molar-refractivity contribution in [2.24, 2.45) is 0 Å². The number of rotatable bonds is 7. The number of hydrogen-bond donors (Lipinski definition) is 0. The number of halogens is 1. The van der Waals surface area contributed by atoms with Crippen molar-refractivity contribution in [2.45, 2.75) is 19.9 Å². The van der Waals surface area contributed by atoms with E-state index in [1.807, 2.05) is 43.3 Å². The number of methoxy groups -OCH3 is 1. The molecule has 0 aliphatic heterocycles. The van der Waals surface area contributed by atoms with Crippen molar-refractivity contribution in [3.63, 3.8) is 0 Å². The van der Waals surface area contributed by atoms with Crippen LogP contribution in [0.4, 0.5) is 0 Å². The molecule has 5 heteroatoms. The average molecular weight is 372 g/mol. The first kappa shape index (κ1) is 19.7. The third-order valence-electron chi connectivity index (χ3n) is 3.91. The third-order valence-corrected chi connectivity index (χ3v) is 4.16. The number of carbonyl (C=O) groups is 2. The highest BCUT2D eigenvalue weighted by Gasteiger charge is 2.14. The fourth-order valence-corrected chi connectivity index (χ4v) is 2.48. The summed E-state index contributed by atoms with van der Waals surface area (Å²) in [5, 5.41) is 0.639. The smallest absolute Gasteiger partial charge is 0.307 e. The quantitative estimate of drug-likeness (QED) is 0.540. The Morgan fingerprint density at radius 1 is 1.08 bits per heavy atom. The van der Waals surface area contributed by atoms with Crippen LogP contribution < -0.4 is 0 Å². The Morgan fingerprint density at radius 2 is 1.73 bits per heavy atom. The largest absolute Gasteiger partial charge is 0.469 e. The van der Waals surface area contributed by atoms with Crippen LogP contribution in [0.25, 0.3) is 6.08 Å². The molecule has 0 unspecified atom stereocenters. The zero-order valence-corrected chi connectivity index (χ0v) is 15.7. The van der Waals surface area contributed by atoms with Gasteiger partial charge in [0, 0.05) is 24.2 Å². The minimum Gasteiger partial charge on any atom is -0.469 e. The molecule has 0 fully saturated rings. The lowest BCUT2D eigenvalue weighted by Crippen LogP contribution is -2.31. The summed E-state index contributed by atoms with van der Waals surface area (Å²) in [6.07, 6.45) is 3.45. The average Bonchev–Trinajstić information content (AvgIpc) is 2.65. The summed E-state index contributed by atoms with van der Waals surface area (Å²) < 4.78 is 4.67. The van der Waals surface area contributed by atoms with Crippen molar-refractivity contribution in [3.8, 4) is 0 Å². The van der Waals surface area contributed by atoms with E-state index in [1.54, 1.807) is 23.1 Å². The first-order valence-electron chi connectivity index (χ1n) is 8.33. The summed E-state index contributed by atoms with van der Waals surface area (Å²) in [7, 11) is 1.34. The van der Waals surface area contributed by atoms with Crippen LogP contribution in [-0.4, -0.2) is 30.4 Å². The molecule has 0 radical (unpaired) electrons. The summed E-state index contributed by atoms with van der Waals surface area (Å²) in [4.78, 5) is 25.7. The summed E-state index contributed by atoms with van der Waals surface area (Å²) >= 11 is 5.91. The topological polar surface area (TPSA) is 46.6 Å². The van der Waals surface area contributed by atoms with Gasteiger partial charge in [-0.3, -0.25) is 9.59 Å². The minimum atomic E-state index is -0.346. The monoisotopic (exact) mass is 371 g/mol. The Hall–Kier alpha value is -2.59. The molecule has 2 aromatic rings. The maximum absolute atomic E-state index is 12.6. The van der Waals surface area contributed by atoms with Crippen LogP contribution in [0, 0.1) is 6.92 Å². The predicted octanol–water partition coefficient (Wildman–Crippen LogP) is 4.25. The molecule has 0 bridgehead atoms. The minimum absolute atomic E-state index is 0.147. The van der Waals surface area contributed by atoms with Crippen molar-refractivity contribution in [1.82, 2.24) is 4.90 Å². The van der Waals surface area contributed by atoms with Crippen LogP contribution in [0.1, 0.15) is 23.1 Å². The number of aryl methyl sites for hydroxylation is 1. The van der Waals surface area contributed by atoms with Crippen LogP contribution in [0.2, 0.25) is 5.02 Å². The SMILES string of the molecule is COC(=O)CCN(Cc1ccc(Cl)cc1)C(=O)/C=C/c1ccc(C)cc1. The van der Waals surface area contributed by atoms with Crippen molar-refractivity contribution in [3.05, 3.63) is 76.3 Å². The molecule has 0 saturated heterocycles. The molecule has 4 nitrogen and oxygen atoms in total. The van der Waals surface area contributed by atoms with Gasteiger partial charge in [0.1, 0.15) is 0 Å². The number of esters is 1. The molecular formula is C21H22ClNO3. The van der Waals surface area contributed by atoms with E-state index in [0.717, 1.165) is 16.7 Å². The van der Waals surface area contributed by atoms with Crippen molar-refractivity contribution < 1.29 is 14.3 Å². The van der Waals surface area contributed by atoms with Crippen molar-refractivity contribution in [2.75, 3.05) is 13.7 Å². The molecule has 26 heavy (non-hydrogen) atoms. The van der Waals surface area contributed by atoms with Gasteiger partial charge >= 0.3 is 5.97 Å². The molecule has 0 aromatic heterocycles. The van der Waals surface area contributed by atoms with E-state index >= 15 is 0 Å². The van der Waals surface area contributed by atoms with Gasteiger partial charge in [0.15, 0.2) is 0 Å². The van der Waals surface area contributed by atoms with E-state index in [1.165, 1.54) is 13.2 Å². The van der Waals surface area contributed by atoms with E-state index in [2.05, 4.69) is 4.74 Å². The van der Waals surface area contributed by atoms with Gasteiger partial charge in [0.05, 0.1) is 13.5 Å². The maximum atomic E-state index is 12.6. The summed E-state index contributed by atoms with van der Waals surface area (Å²) in [5.74, 6) is -0.508. The van der Waals surface area contributed by atoms with Crippen molar-refractivity contribution >= 4 is 29.6 Å². The molecule has 0 spiro atoms. The van der Waals surface area contributed by atoms with Gasteiger partial charge in [0.25, 0.3) is 0 Å². The molecule has 1 amide bonds. The van der Waals surface area contributed by atoms with Crippen LogP contribution in [0.15, 0.2) is 54.6 Å². The van der Waals surface area contributed by atoms with Gasteiger partial charge in [-0.2, -0.15) is 0 Å². The Bertz CT molecular complexity index is 767. The Morgan fingerprint density at radius 3 is 2.35 bits per heavy atom. The summed E-state index contributed by atoms with van der Waals surface area (Å²) in [6, 6.07) is 15.2. The molecule has 0 atom stereocenters.